The van der Waals surface area contributed by atoms with Crippen molar-refractivity contribution < 1.29 is 19.0 Å². The summed E-state index contributed by atoms with van der Waals surface area (Å²) in [5, 5.41) is 9.46. The Kier molecular flexibility index (Phi) is 2.29. The van der Waals surface area contributed by atoms with Crippen LogP contribution in [0.2, 0.25) is 0 Å². The number of aliphatic hydroxyl groups is 1. The van der Waals surface area contributed by atoms with E-state index in [1.54, 1.807) is 18.2 Å². The van der Waals surface area contributed by atoms with Gasteiger partial charge in [-0.15, -0.1) is 0 Å². The molecule has 1 aliphatic rings. The van der Waals surface area contributed by atoms with E-state index in [0.717, 1.165) is 0 Å². The Balaban J connectivity index is 2.28. The van der Waals surface area contributed by atoms with Crippen LogP contribution in [0.15, 0.2) is 18.2 Å². The molecule has 0 bridgehead atoms. The first-order valence-electron chi connectivity index (χ1n) is 4.40. The third-order valence-electron chi connectivity index (χ3n) is 2.17. The first kappa shape index (κ1) is 9.27. The molecule has 1 heterocycles. The van der Waals surface area contributed by atoms with Crippen molar-refractivity contribution >= 4 is 0 Å². The maximum Gasteiger partial charge on any atom is 0.231 e. The summed E-state index contributed by atoms with van der Waals surface area (Å²) in [6.45, 7) is 1.50. The standard InChI is InChI=1S/C10H11FO3/c1-6(11)10(12)7-2-3-8-9(4-7)14-5-13-8/h2-4,6,10,12H,5H2,1H3. The highest BCUT2D eigenvalue weighted by Crippen LogP contribution is 2.34. The van der Waals surface area contributed by atoms with Crippen LogP contribution in [0.4, 0.5) is 4.39 Å². The Morgan fingerprint density at radius 2 is 2.07 bits per heavy atom. The molecule has 3 nitrogen and oxygen atoms in total. The molecule has 14 heavy (non-hydrogen) atoms. The van der Waals surface area contributed by atoms with Crippen LogP contribution in [-0.2, 0) is 0 Å². The summed E-state index contributed by atoms with van der Waals surface area (Å²) in [5.74, 6) is 1.19. The lowest BCUT2D eigenvalue weighted by atomic mass is 10.1. The van der Waals surface area contributed by atoms with Gasteiger partial charge in [0, 0.05) is 0 Å². The molecule has 1 aliphatic heterocycles. The maximum absolute atomic E-state index is 12.8. The maximum atomic E-state index is 12.8. The van der Waals surface area contributed by atoms with E-state index >= 15 is 0 Å². The van der Waals surface area contributed by atoms with Crippen LogP contribution in [0, 0.1) is 0 Å². The van der Waals surface area contributed by atoms with Crippen LogP contribution in [-0.4, -0.2) is 18.1 Å². The highest BCUT2D eigenvalue weighted by Gasteiger charge is 2.19. The molecule has 0 spiro atoms. The van der Waals surface area contributed by atoms with E-state index in [-0.39, 0.29) is 6.79 Å². The molecule has 2 atom stereocenters. The normalized spacial score (nSPS) is 17.9. The van der Waals surface area contributed by atoms with E-state index in [1.165, 1.54) is 6.92 Å². The zero-order valence-corrected chi connectivity index (χ0v) is 7.74. The quantitative estimate of drug-likeness (QED) is 0.787. The van der Waals surface area contributed by atoms with Crippen molar-refractivity contribution in [2.45, 2.75) is 19.2 Å². The largest absolute Gasteiger partial charge is 0.454 e. The van der Waals surface area contributed by atoms with E-state index in [0.29, 0.717) is 17.1 Å². The fraction of sp³-hybridized carbons (Fsp3) is 0.400. The van der Waals surface area contributed by atoms with E-state index in [2.05, 4.69) is 0 Å². The summed E-state index contributed by atoms with van der Waals surface area (Å²) in [4.78, 5) is 0. The molecule has 0 aromatic heterocycles. The number of ether oxygens (including phenoxy) is 2. The van der Waals surface area contributed by atoms with Gasteiger partial charge in [0.15, 0.2) is 11.5 Å². The van der Waals surface area contributed by atoms with Crippen molar-refractivity contribution in [3.8, 4) is 11.5 Å². The Morgan fingerprint density at radius 1 is 1.36 bits per heavy atom. The number of benzene rings is 1. The molecular weight excluding hydrogens is 187 g/mol. The van der Waals surface area contributed by atoms with Gasteiger partial charge in [-0.05, 0) is 24.6 Å². The van der Waals surface area contributed by atoms with Crippen molar-refractivity contribution in [3.63, 3.8) is 0 Å². The van der Waals surface area contributed by atoms with Gasteiger partial charge in [0.2, 0.25) is 6.79 Å². The fourth-order valence-electron chi connectivity index (χ4n) is 1.36. The predicted molar refractivity (Wildman–Crippen MR) is 48.1 cm³/mol. The number of aliphatic hydroxyl groups excluding tert-OH is 1. The minimum Gasteiger partial charge on any atom is -0.454 e. The number of rotatable bonds is 2. The van der Waals surface area contributed by atoms with Crippen LogP contribution in [0.1, 0.15) is 18.6 Å². The molecule has 1 aromatic rings. The minimum atomic E-state index is -1.30. The van der Waals surface area contributed by atoms with Crippen LogP contribution in [0.3, 0.4) is 0 Å². The van der Waals surface area contributed by atoms with Gasteiger partial charge in [0.25, 0.3) is 0 Å². The Hall–Kier alpha value is -1.29. The molecule has 2 unspecified atom stereocenters. The second-order valence-corrected chi connectivity index (χ2v) is 3.24. The summed E-state index contributed by atoms with van der Waals surface area (Å²) in [5.41, 5.74) is 0.504. The highest BCUT2D eigenvalue weighted by molar-refractivity contribution is 5.45. The van der Waals surface area contributed by atoms with Crippen LogP contribution in [0.5, 0.6) is 11.5 Å². The van der Waals surface area contributed by atoms with Crippen molar-refractivity contribution in [2.75, 3.05) is 6.79 Å². The van der Waals surface area contributed by atoms with Gasteiger partial charge >= 0.3 is 0 Å². The second kappa shape index (κ2) is 3.46. The molecule has 0 saturated heterocycles. The number of fused-ring (bicyclic) bond motifs is 1. The minimum absolute atomic E-state index is 0.181. The van der Waals surface area contributed by atoms with Gasteiger partial charge in [-0.25, -0.2) is 4.39 Å². The zero-order chi connectivity index (χ0) is 10.1. The fourth-order valence-corrected chi connectivity index (χ4v) is 1.36. The van der Waals surface area contributed by atoms with Gasteiger partial charge in [0.05, 0.1) is 0 Å². The lowest BCUT2D eigenvalue weighted by molar-refractivity contribution is 0.0880. The Morgan fingerprint density at radius 3 is 2.79 bits per heavy atom. The van der Waals surface area contributed by atoms with Crippen LogP contribution in [0.25, 0.3) is 0 Å². The molecular formula is C10H11FO3. The number of hydrogen-bond donors (Lipinski definition) is 1. The number of alkyl halides is 1. The van der Waals surface area contributed by atoms with Crippen molar-refractivity contribution in [3.05, 3.63) is 23.8 Å². The van der Waals surface area contributed by atoms with Crippen molar-refractivity contribution in [1.82, 2.24) is 0 Å². The molecule has 0 radical (unpaired) electrons. The Bertz CT molecular complexity index is 338. The van der Waals surface area contributed by atoms with E-state index < -0.39 is 12.3 Å². The molecule has 4 heteroatoms. The smallest absolute Gasteiger partial charge is 0.231 e. The highest BCUT2D eigenvalue weighted by atomic mass is 19.1. The van der Waals surface area contributed by atoms with Gasteiger partial charge in [-0.1, -0.05) is 6.07 Å². The first-order chi connectivity index (χ1) is 6.68. The summed E-state index contributed by atoms with van der Waals surface area (Å²) < 4.78 is 23.0. The van der Waals surface area contributed by atoms with Gasteiger partial charge in [0.1, 0.15) is 12.3 Å². The average Bonchev–Trinajstić information content (AvgIpc) is 2.62. The number of halogens is 1. The molecule has 1 aromatic carbocycles. The molecule has 2 rings (SSSR count). The molecule has 0 amide bonds. The van der Waals surface area contributed by atoms with Gasteiger partial charge in [-0.3, -0.25) is 0 Å². The summed E-state index contributed by atoms with van der Waals surface area (Å²) in [6.07, 6.45) is -2.40. The third-order valence-corrected chi connectivity index (χ3v) is 2.17. The SMILES string of the molecule is CC(F)C(O)c1ccc2c(c1)OCO2. The van der Waals surface area contributed by atoms with Gasteiger partial charge < -0.3 is 14.6 Å². The van der Waals surface area contributed by atoms with E-state index in [1.807, 2.05) is 0 Å². The lowest BCUT2D eigenvalue weighted by Gasteiger charge is -2.12. The predicted octanol–water partition coefficient (Wildman–Crippen LogP) is 1.81. The molecule has 1 N–H and O–H groups in total. The zero-order valence-electron chi connectivity index (χ0n) is 7.74. The summed E-state index contributed by atoms with van der Waals surface area (Å²) in [6, 6.07) is 4.90. The first-order valence-corrected chi connectivity index (χ1v) is 4.40. The second-order valence-electron chi connectivity index (χ2n) is 3.24. The third kappa shape index (κ3) is 1.53. The van der Waals surface area contributed by atoms with Crippen LogP contribution >= 0.6 is 0 Å². The van der Waals surface area contributed by atoms with Gasteiger partial charge in [-0.2, -0.15) is 0 Å². The molecule has 0 aliphatic carbocycles. The van der Waals surface area contributed by atoms with Crippen molar-refractivity contribution in [1.29, 1.82) is 0 Å². The monoisotopic (exact) mass is 198 g/mol. The number of hydrogen-bond acceptors (Lipinski definition) is 3. The topological polar surface area (TPSA) is 38.7 Å². The molecule has 0 saturated carbocycles. The van der Waals surface area contributed by atoms with E-state index in [4.69, 9.17) is 9.47 Å². The van der Waals surface area contributed by atoms with E-state index in [9.17, 15) is 9.50 Å². The Labute approximate surface area is 81.1 Å². The van der Waals surface area contributed by atoms with Crippen molar-refractivity contribution in [2.24, 2.45) is 0 Å². The molecule has 0 fully saturated rings. The molecule has 76 valence electrons. The summed E-state index contributed by atoms with van der Waals surface area (Å²) in [7, 11) is 0. The lowest BCUT2D eigenvalue weighted by Crippen LogP contribution is -2.08. The average molecular weight is 198 g/mol. The van der Waals surface area contributed by atoms with Crippen LogP contribution < -0.4 is 9.47 Å². The summed E-state index contributed by atoms with van der Waals surface area (Å²) >= 11 is 0.